The molecule has 2 aromatic rings. The Morgan fingerprint density at radius 1 is 1.10 bits per heavy atom. The largest absolute Gasteiger partial charge is 0.485 e. The van der Waals surface area contributed by atoms with Gasteiger partial charge in [0.15, 0.2) is 6.61 Å². The lowest BCUT2D eigenvalue weighted by atomic mass is 9.99. The first-order valence-electron chi connectivity index (χ1n) is 8.80. The van der Waals surface area contributed by atoms with Crippen LogP contribution in [-0.4, -0.2) is 29.5 Å². The van der Waals surface area contributed by atoms with Crippen LogP contribution < -0.4 is 14.8 Å². The molecule has 0 aliphatic heterocycles. The van der Waals surface area contributed by atoms with Crippen molar-refractivity contribution in [1.82, 2.24) is 0 Å². The number of hydrogen-bond donors (Lipinski definition) is 1. The van der Waals surface area contributed by atoms with Crippen LogP contribution in [0.15, 0.2) is 36.4 Å². The highest BCUT2D eigenvalue weighted by Crippen LogP contribution is 2.39. The summed E-state index contributed by atoms with van der Waals surface area (Å²) in [5, 5.41) is 24.7. The Morgan fingerprint density at radius 3 is 2.10 bits per heavy atom. The van der Waals surface area contributed by atoms with E-state index in [2.05, 4.69) is 19.2 Å². The van der Waals surface area contributed by atoms with Crippen LogP contribution in [-0.2, 0) is 4.79 Å². The first kappa shape index (κ1) is 21.6. The van der Waals surface area contributed by atoms with Crippen LogP contribution in [0, 0.1) is 20.2 Å². The van der Waals surface area contributed by atoms with Gasteiger partial charge in [0.2, 0.25) is 0 Å². The van der Waals surface area contributed by atoms with E-state index in [-0.39, 0.29) is 12.3 Å². The van der Waals surface area contributed by atoms with Crippen LogP contribution >= 0.6 is 0 Å². The van der Waals surface area contributed by atoms with Gasteiger partial charge < -0.3 is 14.8 Å². The van der Waals surface area contributed by atoms with E-state index in [1.807, 2.05) is 12.1 Å². The third-order valence-corrected chi connectivity index (χ3v) is 4.36. The summed E-state index contributed by atoms with van der Waals surface area (Å²) >= 11 is 0. The van der Waals surface area contributed by atoms with Gasteiger partial charge in [-0.15, -0.1) is 0 Å². The average Bonchev–Trinajstić information content (AvgIpc) is 2.71. The molecule has 0 aliphatic carbocycles. The topological polar surface area (TPSA) is 134 Å². The number of nitrogens with zero attached hydrogens (tertiary/aromatic N) is 2. The molecule has 0 unspecified atom stereocenters. The van der Waals surface area contributed by atoms with Crippen molar-refractivity contribution in [2.75, 3.05) is 19.0 Å². The molecular formula is C19H21N3O7. The van der Waals surface area contributed by atoms with Crippen LogP contribution in [0.2, 0.25) is 0 Å². The van der Waals surface area contributed by atoms with E-state index >= 15 is 0 Å². The van der Waals surface area contributed by atoms with E-state index in [1.54, 1.807) is 12.1 Å². The highest BCUT2D eigenvalue weighted by Gasteiger charge is 2.28. The molecule has 0 spiro atoms. The monoisotopic (exact) mass is 403 g/mol. The van der Waals surface area contributed by atoms with Crippen molar-refractivity contribution in [1.29, 1.82) is 0 Å². The summed E-state index contributed by atoms with van der Waals surface area (Å²) in [5.41, 5.74) is -0.204. The molecule has 0 saturated carbocycles. The maximum absolute atomic E-state index is 12.1. The first-order valence-corrected chi connectivity index (χ1v) is 8.80. The third-order valence-electron chi connectivity index (χ3n) is 4.36. The number of carbonyl (C=O) groups excluding carboxylic acids is 1. The van der Waals surface area contributed by atoms with Crippen molar-refractivity contribution in [3.8, 4) is 11.5 Å². The summed E-state index contributed by atoms with van der Waals surface area (Å²) in [6.07, 6.45) is 1.00. The van der Waals surface area contributed by atoms with E-state index in [0.29, 0.717) is 11.7 Å². The summed E-state index contributed by atoms with van der Waals surface area (Å²) < 4.78 is 10.2. The highest BCUT2D eigenvalue weighted by molar-refractivity contribution is 5.93. The fraction of sp³-hybridized carbons (Fsp3) is 0.316. The Kier molecular flexibility index (Phi) is 7.07. The number of methoxy groups -OCH3 is 1. The molecule has 2 aromatic carbocycles. The highest BCUT2D eigenvalue weighted by atomic mass is 16.6. The van der Waals surface area contributed by atoms with Crippen LogP contribution in [0.3, 0.4) is 0 Å². The summed E-state index contributed by atoms with van der Waals surface area (Å²) in [6, 6.07) is 9.31. The van der Waals surface area contributed by atoms with Crippen molar-refractivity contribution in [2.24, 2.45) is 0 Å². The quantitative estimate of drug-likeness (QED) is 0.493. The minimum atomic E-state index is -0.823. The molecule has 0 aliphatic rings. The molecular weight excluding hydrogens is 382 g/mol. The molecule has 2 rings (SSSR count). The lowest BCUT2D eigenvalue weighted by Crippen LogP contribution is -2.20. The zero-order chi connectivity index (χ0) is 21.6. The SMILES string of the molecule is CC[C@@H](C)c1ccc(OCC(=O)Nc2cc([N+](=O)[O-])c(OC)c([N+](=O)[O-])c2)cc1. The molecule has 154 valence electrons. The number of rotatable bonds is 9. The Bertz CT molecular complexity index is 878. The fourth-order valence-corrected chi connectivity index (χ4v) is 2.63. The van der Waals surface area contributed by atoms with E-state index in [9.17, 15) is 25.0 Å². The Hall–Kier alpha value is -3.69. The molecule has 0 saturated heterocycles. The third kappa shape index (κ3) is 5.41. The van der Waals surface area contributed by atoms with Gasteiger partial charge in [-0.25, -0.2) is 0 Å². The molecule has 1 atom stereocenters. The predicted octanol–water partition coefficient (Wildman–Crippen LogP) is 4.04. The lowest BCUT2D eigenvalue weighted by molar-refractivity contribution is -0.395. The number of ether oxygens (including phenoxy) is 2. The van der Waals surface area contributed by atoms with Crippen molar-refractivity contribution in [3.05, 3.63) is 62.2 Å². The molecule has 29 heavy (non-hydrogen) atoms. The lowest BCUT2D eigenvalue weighted by Gasteiger charge is -2.11. The van der Waals surface area contributed by atoms with Gasteiger partial charge in [0.05, 0.1) is 22.6 Å². The van der Waals surface area contributed by atoms with Crippen LogP contribution in [0.25, 0.3) is 0 Å². The molecule has 0 heterocycles. The maximum atomic E-state index is 12.1. The molecule has 10 heteroatoms. The molecule has 1 N–H and O–H groups in total. The zero-order valence-corrected chi connectivity index (χ0v) is 16.2. The van der Waals surface area contributed by atoms with E-state index in [4.69, 9.17) is 9.47 Å². The minimum absolute atomic E-state index is 0.107. The number of nitro groups is 2. The van der Waals surface area contributed by atoms with Crippen LogP contribution in [0.1, 0.15) is 31.7 Å². The molecule has 10 nitrogen and oxygen atoms in total. The van der Waals surface area contributed by atoms with Crippen molar-refractivity contribution < 1.29 is 24.1 Å². The van der Waals surface area contributed by atoms with Gasteiger partial charge in [-0.1, -0.05) is 26.0 Å². The molecule has 1 amide bonds. The smallest absolute Gasteiger partial charge is 0.320 e. The molecule has 0 fully saturated rings. The number of nitro benzene ring substituents is 2. The molecule has 0 bridgehead atoms. The van der Waals surface area contributed by atoms with Gasteiger partial charge >= 0.3 is 11.4 Å². The predicted molar refractivity (Wildman–Crippen MR) is 106 cm³/mol. The van der Waals surface area contributed by atoms with E-state index in [1.165, 1.54) is 0 Å². The minimum Gasteiger partial charge on any atom is -0.485 e. The van der Waals surface area contributed by atoms with Crippen LogP contribution in [0.4, 0.5) is 17.1 Å². The van der Waals surface area contributed by atoms with Gasteiger partial charge in [-0.2, -0.15) is 0 Å². The normalized spacial score (nSPS) is 11.4. The Balaban J connectivity index is 2.10. The van der Waals surface area contributed by atoms with Crippen LogP contribution in [0.5, 0.6) is 11.5 Å². The fourth-order valence-electron chi connectivity index (χ4n) is 2.63. The standard InChI is InChI=1S/C19H21N3O7/c1-4-12(2)13-5-7-15(8-6-13)29-11-18(23)20-14-9-16(21(24)25)19(28-3)17(10-14)22(26)27/h5-10,12H,4,11H2,1-3H3,(H,20,23)/t12-/m1/s1. The molecule has 0 radical (unpaired) electrons. The number of hydrogen-bond acceptors (Lipinski definition) is 7. The second kappa shape index (κ2) is 9.49. The molecule has 0 aromatic heterocycles. The second-order valence-corrected chi connectivity index (χ2v) is 6.28. The van der Waals surface area contributed by atoms with E-state index < -0.39 is 32.9 Å². The number of nitrogens with one attached hydrogen (secondary N) is 1. The number of carbonyl (C=O) groups is 1. The van der Waals surface area contributed by atoms with Crippen molar-refractivity contribution in [3.63, 3.8) is 0 Å². The number of benzene rings is 2. The number of amides is 1. The van der Waals surface area contributed by atoms with E-state index in [0.717, 1.165) is 31.2 Å². The summed E-state index contributed by atoms with van der Waals surface area (Å²) in [6.45, 7) is 3.83. The van der Waals surface area contributed by atoms with Gasteiger partial charge in [-0.05, 0) is 30.0 Å². The van der Waals surface area contributed by atoms with Gasteiger partial charge in [-0.3, -0.25) is 25.0 Å². The van der Waals surface area contributed by atoms with Gasteiger partial charge in [0.1, 0.15) is 5.75 Å². The second-order valence-electron chi connectivity index (χ2n) is 6.28. The summed E-state index contributed by atoms with van der Waals surface area (Å²) in [7, 11) is 1.09. The Labute approximate surface area is 166 Å². The average molecular weight is 403 g/mol. The first-order chi connectivity index (χ1) is 13.8. The number of anilines is 1. The maximum Gasteiger partial charge on any atom is 0.320 e. The van der Waals surface area contributed by atoms with Crippen molar-refractivity contribution >= 4 is 23.0 Å². The Morgan fingerprint density at radius 2 is 1.66 bits per heavy atom. The van der Waals surface area contributed by atoms with Gasteiger partial charge in [0, 0.05) is 12.1 Å². The van der Waals surface area contributed by atoms with Crippen molar-refractivity contribution in [2.45, 2.75) is 26.2 Å². The van der Waals surface area contributed by atoms with Gasteiger partial charge in [0.25, 0.3) is 11.7 Å². The summed E-state index contributed by atoms with van der Waals surface area (Å²) in [5.74, 6) is -0.215. The summed E-state index contributed by atoms with van der Waals surface area (Å²) in [4.78, 5) is 32.8. The zero-order valence-electron chi connectivity index (χ0n) is 16.2.